The summed E-state index contributed by atoms with van der Waals surface area (Å²) in [6, 6.07) is 18.9. The van der Waals surface area contributed by atoms with Crippen molar-refractivity contribution in [3.8, 4) is 22.3 Å². The van der Waals surface area contributed by atoms with Gasteiger partial charge in [-0.3, -0.25) is 0 Å². The molecule has 3 aromatic carbocycles. The highest BCUT2D eigenvalue weighted by molar-refractivity contribution is 5.89. The van der Waals surface area contributed by atoms with Gasteiger partial charge in [-0.1, -0.05) is 75.2 Å². The quantitative estimate of drug-likeness (QED) is 0.417. The average molecular weight is 338 g/mol. The molecule has 0 nitrogen and oxygen atoms in total. The predicted octanol–water partition coefficient (Wildman–Crippen LogP) is 6.92. The monoisotopic (exact) mass is 338 g/mol. The maximum Gasteiger partial charge on any atom is 0.0159 e. The summed E-state index contributed by atoms with van der Waals surface area (Å²) in [5.41, 5.74) is 14.4. The average Bonchev–Trinajstić information content (AvgIpc) is 2.93. The molecule has 0 bridgehead atoms. The van der Waals surface area contributed by atoms with Crippen LogP contribution in [0.15, 0.2) is 48.5 Å². The Kier molecular flexibility index (Phi) is 2.86. The van der Waals surface area contributed by atoms with Gasteiger partial charge in [0.1, 0.15) is 0 Å². The number of hydrogen-bond acceptors (Lipinski definition) is 0. The van der Waals surface area contributed by atoms with Crippen molar-refractivity contribution in [2.24, 2.45) is 0 Å². The maximum absolute atomic E-state index is 2.49. The minimum atomic E-state index is 0.0588. The van der Waals surface area contributed by atoms with Gasteiger partial charge in [0.15, 0.2) is 0 Å². The van der Waals surface area contributed by atoms with Gasteiger partial charge in [0, 0.05) is 10.8 Å². The highest BCUT2D eigenvalue weighted by Crippen LogP contribution is 2.56. The summed E-state index contributed by atoms with van der Waals surface area (Å²) >= 11 is 0. The topological polar surface area (TPSA) is 0 Å². The van der Waals surface area contributed by atoms with E-state index in [1.54, 1.807) is 0 Å². The van der Waals surface area contributed by atoms with Crippen LogP contribution in [-0.4, -0.2) is 0 Å². The molecule has 0 amide bonds. The lowest BCUT2D eigenvalue weighted by atomic mass is 9.79. The van der Waals surface area contributed by atoms with Crippen molar-refractivity contribution in [3.63, 3.8) is 0 Å². The fraction of sp³-hybridized carbons (Fsp3) is 0.308. The molecule has 2 aliphatic rings. The zero-order chi connectivity index (χ0) is 18.4. The zero-order valence-corrected chi connectivity index (χ0v) is 16.6. The summed E-state index contributed by atoms with van der Waals surface area (Å²) in [5.74, 6) is 0. The van der Waals surface area contributed by atoms with E-state index in [1.807, 2.05) is 0 Å². The van der Waals surface area contributed by atoms with Crippen LogP contribution in [0.4, 0.5) is 0 Å². The molecule has 3 aromatic rings. The fourth-order valence-electron chi connectivity index (χ4n) is 5.19. The fourth-order valence-corrected chi connectivity index (χ4v) is 5.19. The maximum atomic E-state index is 2.49. The summed E-state index contributed by atoms with van der Waals surface area (Å²) in [5, 5.41) is 0. The van der Waals surface area contributed by atoms with E-state index in [0.29, 0.717) is 0 Å². The molecule has 0 aliphatic heterocycles. The van der Waals surface area contributed by atoms with Crippen molar-refractivity contribution in [2.45, 2.75) is 52.4 Å². The molecule has 26 heavy (non-hydrogen) atoms. The summed E-state index contributed by atoms with van der Waals surface area (Å²) in [6.45, 7) is 13.9. The van der Waals surface area contributed by atoms with Gasteiger partial charge in [-0.25, -0.2) is 0 Å². The Hall–Kier alpha value is -2.34. The van der Waals surface area contributed by atoms with E-state index in [4.69, 9.17) is 0 Å². The Morgan fingerprint density at radius 3 is 1.19 bits per heavy atom. The lowest BCUT2D eigenvalue weighted by Gasteiger charge is -2.24. The smallest absolute Gasteiger partial charge is 0.0159 e. The highest BCUT2D eigenvalue weighted by atomic mass is 14.4. The normalized spacial score (nSPS) is 17.5. The summed E-state index contributed by atoms with van der Waals surface area (Å²) < 4.78 is 0. The third-order valence-electron chi connectivity index (χ3n) is 6.78. The molecule has 130 valence electrons. The van der Waals surface area contributed by atoms with Crippen molar-refractivity contribution in [1.82, 2.24) is 0 Å². The molecule has 0 heteroatoms. The molecule has 0 unspecified atom stereocenters. The van der Waals surface area contributed by atoms with E-state index in [2.05, 4.69) is 90.1 Å². The predicted molar refractivity (Wildman–Crippen MR) is 111 cm³/mol. The number of aryl methyl sites for hydroxylation is 2. The van der Waals surface area contributed by atoms with E-state index in [-0.39, 0.29) is 10.8 Å². The molecule has 0 N–H and O–H groups in total. The number of benzene rings is 3. The van der Waals surface area contributed by atoms with Crippen LogP contribution in [0.3, 0.4) is 0 Å². The molecule has 0 saturated carbocycles. The second-order valence-electron chi connectivity index (χ2n) is 9.29. The van der Waals surface area contributed by atoms with Crippen molar-refractivity contribution in [3.05, 3.63) is 81.9 Å². The molecule has 0 spiro atoms. The molecule has 0 fully saturated rings. The molecule has 0 atom stereocenters. The van der Waals surface area contributed by atoms with Gasteiger partial charge in [0.2, 0.25) is 0 Å². The largest absolute Gasteiger partial charge is 0.0587 e. The van der Waals surface area contributed by atoms with E-state index in [9.17, 15) is 0 Å². The molecule has 5 rings (SSSR count). The first-order valence-corrected chi connectivity index (χ1v) is 9.63. The number of rotatable bonds is 0. The van der Waals surface area contributed by atoms with Crippen LogP contribution < -0.4 is 0 Å². The highest BCUT2D eigenvalue weighted by Gasteiger charge is 2.41. The standard InChI is InChI=1S/C26H26/c1-15-7-9-17-19-13-24-20(14-23(19)25(3,4)21(17)11-15)18-10-8-16(2)12-22(18)26(24,5)6/h7-14H,1-6H3. The van der Waals surface area contributed by atoms with Gasteiger partial charge in [0.25, 0.3) is 0 Å². The van der Waals surface area contributed by atoms with Crippen LogP contribution in [0.1, 0.15) is 61.1 Å². The summed E-state index contributed by atoms with van der Waals surface area (Å²) in [6.07, 6.45) is 0. The Bertz CT molecular complexity index is 1000. The molecular weight excluding hydrogens is 312 g/mol. The van der Waals surface area contributed by atoms with Gasteiger partial charge in [0.05, 0.1) is 0 Å². The van der Waals surface area contributed by atoms with Crippen LogP contribution >= 0.6 is 0 Å². The summed E-state index contributed by atoms with van der Waals surface area (Å²) in [7, 11) is 0. The second-order valence-corrected chi connectivity index (χ2v) is 9.29. The first kappa shape index (κ1) is 15.9. The lowest BCUT2D eigenvalue weighted by Crippen LogP contribution is -2.17. The lowest BCUT2D eigenvalue weighted by molar-refractivity contribution is 0.651. The Morgan fingerprint density at radius 1 is 0.462 bits per heavy atom. The van der Waals surface area contributed by atoms with E-state index in [1.165, 1.54) is 55.6 Å². The second kappa shape index (κ2) is 4.68. The van der Waals surface area contributed by atoms with Gasteiger partial charge >= 0.3 is 0 Å². The van der Waals surface area contributed by atoms with Crippen LogP contribution in [0.2, 0.25) is 0 Å². The molecule has 0 saturated heterocycles. The van der Waals surface area contributed by atoms with Gasteiger partial charge < -0.3 is 0 Å². The minimum absolute atomic E-state index is 0.0588. The van der Waals surface area contributed by atoms with Crippen LogP contribution in [0, 0.1) is 13.8 Å². The van der Waals surface area contributed by atoms with Crippen molar-refractivity contribution in [1.29, 1.82) is 0 Å². The minimum Gasteiger partial charge on any atom is -0.0587 e. The van der Waals surface area contributed by atoms with Crippen LogP contribution in [0.5, 0.6) is 0 Å². The summed E-state index contributed by atoms with van der Waals surface area (Å²) in [4.78, 5) is 0. The zero-order valence-electron chi connectivity index (χ0n) is 16.6. The van der Waals surface area contributed by atoms with E-state index >= 15 is 0 Å². The van der Waals surface area contributed by atoms with E-state index in [0.717, 1.165) is 0 Å². The molecular formula is C26H26. The van der Waals surface area contributed by atoms with Crippen LogP contribution in [-0.2, 0) is 10.8 Å². The van der Waals surface area contributed by atoms with E-state index < -0.39 is 0 Å². The Balaban J connectivity index is 1.84. The SMILES string of the molecule is Cc1ccc2c(c1)C(C)(C)c1cc3c(cc1-2)C(C)(C)c1cc(C)ccc1-3. The van der Waals surface area contributed by atoms with Gasteiger partial charge in [-0.2, -0.15) is 0 Å². The number of hydrogen-bond donors (Lipinski definition) is 0. The van der Waals surface area contributed by atoms with Crippen molar-refractivity contribution < 1.29 is 0 Å². The van der Waals surface area contributed by atoms with Gasteiger partial charge in [-0.05, 0) is 70.5 Å². The van der Waals surface area contributed by atoms with Crippen LogP contribution in [0.25, 0.3) is 22.3 Å². The Morgan fingerprint density at radius 2 is 0.808 bits per heavy atom. The first-order chi connectivity index (χ1) is 12.2. The van der Waals surface area contributed by atoms with Gasteiger partial charge in [-0.15, -0.1) is 0 Å². The molecule has 0 heterocycles. The molecule has 0 radical (unpaired) electrons. The van der Waals surface area contributed by atoms with Crippen molar-refractivity contribution in [2.75, 3.05) is 0 Å². The molecule has 0 aromatic heterocycles. The third-order valence-corrected chi connectivity index (χ3v) is 6.78. The number of fused-ring (bicyclic) bond motifs is 6. The third kappa shape index (κ3) is 1.80. The first-order valence-electron chi connectivity index (χ1n) is 9.63. The molecule has 2 aliphatic carbocycles. The van der Waals surface area contributed by atoms with Crippen molar-refractivity contribution >= 4 is 0 Å². The Labute approximate surface area is 156 Å².